The Balaban J connectivity index is 1.93. The minimum atomic E-state index is -3.70. The predicted octanol–water partition coefficient (Wildman–Crippen LogP) is 0.436. The normalized spacial score (nSPS) is 28.4. The lowest BCUT2D eigenvalue weighted by Gasteiger charge is -2.35. The van der Waals surface area contributed by atoms with E-state index in [1.807, 2.05) is 6.92 Å². The molecule has 1 aromatic rings. The number of aryl methyl sites for hydroxylation is 1. The van der Waals surface area contributed by atoms with Crippen LogP contribution in [0.4, 0.5) is 0 Å². The van der Waals surface area contributed by atoms with Gasteiger partial charge in [0.2, 0.25) is 10.0 Å². The molecule has 0 aliphatic carbocycles. The van der Waals surface area contributed by atoms with Gasteiger partial charge in [0.15, 0.2) is 9.84 Å². The van der Waals surface area contributed by atoms with Gasteiger partial charge in [-0.25, -0.2) is 16.8 Å². The molecule has 0 bridgehead atoms. The van der Waals surface area contributed by atoms with Crippen molar-refractivity contribution in [2.24, 2.45) is 0 Å². The van der Waals surface area contributed by atoms with E-state index < -0.39 is 32.0 Å². The molecule has 2 atom stereocenters. The first-order valence-corrected chi connectivity index (χ1v) is 10.5. The maximum Gasteiger partial charge on any atom is 0.243 e. The molecule has 8 heteroatoms. The zero-order chi connectivity index (χ0) is 16.0. The predicted molar refractivity (Wildman–Crippen MR) is 81.9 cm³/mol. The van der Waals surface area contributed by atoms with E-state index in [0.717, 1.165) is 12.0 Å². The summed E-state index contributed by atoms with van der Waals surface area (Å²) in [5.74, 6) is -0.262. The standard InChI is InChI=1S/C14H19NO5S2/c1-2-11-3-5-12(6-4-11)22(18,19)15-7-8-20-14-10-21(16,17)9-13(14)15/h3-6,13-14H,2,7-10H2,1H3. The molecule has 2 heterocycles. The molecule has 0 radical (unpaired) electrons. The highest BCUT2D eigenvalue weighted by Gasteiger charge is 2.48. The second-order valence-electron chi connectivity index (χ2n) is 5.67. The number of hydrogen-bond donors (Lipinski definition) is 0. The fraction of sp³-hybridized carbons (Fsp3) is 0.571. The molecule has 2 fully saturated rings. The molecule has 1 aromatic carbocycles. The topological polar surface area (TPSA) is 80.8 Å². The average molecular weight is 345 g/mol. The number of rotatable bonds is 3. The molecule has 3 rings (SSSR count). The summed E-state index contributed by atoms with van der Waals surface area (Å²) in [5, 5.41) is 0. The van der Waals surface area contributed by atoms with Crippen molar-refractivity contribution in [1.29, 1.82) is 0 Å². The van der Waals surface area contributed by atoms with Gasteiger partial charge in [0.05, 0.1) is 35.2 Å². The minimum Gasteiger partial charge on any atom is -0.374 e. The van der Waals surface area contributed by atoms with Gasteiger partial charge in [0.25, 0.3) is 0 Å². The number of hydrogen-bond acceptors (Lipinski definition) is 5. The molecule has 0 N–H and O–H groups in total. The molecule has 0 amide bonds. The Labute approximate surface area is 131 Å². The second-order valence-corrected chi connectivity index (χ2v) is 9.71. The Hall–Kier alpha value is -0.960. The molecule has 122 valence electrons. The number of benzene rings is 1. The van der Waals surface area contributed by atoms with E-state index in [4.69, 9.17) is 4.74 Å². The van der Waals surface area contributed by atoms with Gasteiger partial charge in [-0.1, -0.05) is 19.1 Å². The van der Waals surface area contributed by atoms with Gasteiger partial charge < -0.3 is 4.74 Å². The summed E-state index contributed by atoms with van der Waals surface area (Å²) >= 11 is 0. The first kappa shape index (κ1) is 15.9. The Bertz CT molecular complexity index is 755. The van der Waals surface area contributed by atoms with Crippen LogP contribution >= 0.6 is 0 Å². The van der Waals surface area contributed by atoms with E-state index in [0.29, 0.717) is 0 Å². The molecule has 2 unspecified atom stereocenters. The average Bonchev–Trinajstić information content (AvgIpc) is 2.80. The van der Waals surface area contributed by atoms with Gasteiger partial charge in [-0.3, -0.25) is 0 Å². The van der Waals surface area contributed by atoms with Crippen molar-refractivity contribution in [3.8, 4) is 0 Å². The first-order chi connectivity index (χ1) is 10.3. The number of sulfone groups is 1. The van der Waals surface area contributed by atoms with E-state index in [-0.39, 0.29) is 29.6 Å². The third-order valence-electron chi connectivity index (χ3n) is 4.22. The summed E-state index contributed by atoms with van der Waals surface area (Å²) in [6.07, 6.45) is 0.282. The summed E-state index contributed by atoms with van der Waals surface area (Å²) < 4.78 is 56.0. The van der Waals surface area contributed by atoms with Gasteiger partial charge in [0.1, 0.15) is 0 Å². The zero-order valence-corrected chi connectivity index (χ0v) is 13.9. The summed E-state index contributed by atoms with van der Waals surface area (Å²) in [7, 11) is -6.95. The summed E-state index contributed by atoms with van der Waals surface area (Å²) in [4.78, 5) is 0.203. The van der Waals surface area contributed by atoms with Crippen molar-refractivity contribution in [2.75, 3.05) is 24.7 Å². The third kappa shape index (κ3) is 2.80. The SMILES string of the molecule is CCc1ccc(S(=O)(=O)N2CCOC3CS(=O)(=O)CC32)cc1. The second kappa shape index (κ2) is 5.59. The molecule has 0 aromatic heterocycles. The minimum absolute atomic E-state index is 0.0988. The van der Waals surface area contributed by atoms with Crippen LogP contribution in [0, 0.1) is 0 Å². The van der Waals surface area contributed by atoms with Crippen LogP contribution < -0.4 is 0 Å². The van der Waals surface area contributed by atoms with Crippen molar-refractivity contribution in [2.45, 2.75) is 30.4 Å². The van der Waals surface area contributed by atoms with Crippen molar-refractivity contribution in [1.82, 2.24) is 4.31 Å². The van der Waals surface area contributed by atoms with Crippen LogP contribution in [0.2, 0.25) is 0 Å². The molecule has 2 aliphatic heterocycles. The van der Waals surface area contributed by atoms with Crippen LogP contribution in [0.3, 0.4) is 0 Å². The number of ether oxygens (including phenoxy) is 1. The lowest BCUT2D eigenvalue weighted by molar-refractivity contribution is -0.0141. The number of sulfonamides is 1. The Morgan fingerprint density at radius 3 is 2.55 bits per heavy atom. The smallest absolute Gasteiger partial charge is 0.243 e. The number of nitrogens with zero attached hydrogens (tertiary/aromatic N) is 1. The summed E-state index contributed by atoms with van der Waals surface area (Å²) in [6, 6.07) is 6.13. The molecular weight excluding hydrogens is 326 g/mol. The maximum atomic E-state index is 12.8. The lowest BCUT2D eigenvalue weighted by atomic mass is 10.2. The first-order valence-electron chi connectivity index (χ1n) is 7.26. The molecule has 22 heavy (non-hydrogen) atoms. The fourth-order valence-corrected chi connectivity index (χ4v) is 6.61. The van der Waals surface area contributed by atoms with Crippen molar-refractivity contribution >= 4 is 19.9 Å². The largest absolute Gasteiger partial charge is 0.374 e. The molecular formula is C14H19NO5S2. The van der Waals surface area contributed by atoms with Crippen LogP contribution in [-0.4, -0.2) is 57.9 Å². The van der Waals surface area contributed by atoms with Crippen LogP contribution in [-0.2, 0) is 31.0 Å². The Kier molecular flexibility index (Phi) is 4.05. The maximum absolute atomic E-state index is 12.8. The summed E-state index contributed by atoms with van der Waals surface area (Å²) in [6.45, 7) is 2.41. The zero-order valence-electron chi connectivity index (χ0n) is 12.3. The van der Waals surface area contributed by atoms with Crippen molar-refractivity contribution in [3.63, 3.8) is 0 Å². The van der Waals surface area contributed by atoms with E-state index in [1.54, 1.807) is 24.3 Å². The highest BCUT2D eigenvalue weighted by Crippen LogP contribution is 2.29. The highest BCUT2D eigenvalue weighted by atomic mass is 32.2. The van der Waals surface area contributed by atoms with Crippen LogP contribution in [0.1, 0.15) is 12.5 Å². The molecule has 6 nitrogen and oxygen atoms in total. The van der Waals surface area contributed by atoms with Gasteiger partial charge in [-0.2, -0.15) is 4.31 Å². The van der Waals surface area contributed by atoms with Crippen LogP contribution in [0.15, 0.2) is 29.2 Å². The molecule has 0 spiro atoms. The number of morpholine rings is 1. The van der Waals surface area contributed by atoms with Gasteiger partial charge >= 0.3 is 0 Å². The van der Waals surface area contributed by atoms with Crippen molar-refractivity contribution in [3.05, 3.63) is 29.8 Å². The number of fused-ring (bicyclic) bond motifs is 1. The molecule has 2 saturated heterocycles. The van der Waals surface area contributed by atoms with Crippen LogP contribution in [0.5, 0.6) is 0 Å². The van der Waals surface area contributed by atoms with Crippen LogP contribution in [0.25, 0.3) is 0 Å². The monoisotopic (exact) mass is 345 g/mol. The summed E-state index contributed by atoms with van der Waals surface area (Å²) in [5.41, 5.74) is 1.06. The fourth-order valence-electron chi connectivity index (χ4n) is 3.02. The van der Waals surface area contributed by atoms with E-state index in [9.17, 15) is 16.8 Å². The highest BCUT2D eigenvalue weighted by molar-refractivity contribution is 7.92. The van der Waals surface area contributed by atoms with E-state index in [2.05, 4.69) is 0 Å². The van der Waals surface area contributed by atoms with Gasteiger partial charge in [0, 0.05) is 6.54 Å². The Morgan fingerprint density at radius 1 is 1.23 bits per heavy atom. The third-order valence-corrected chi connectivity index (χ3v) is 7.85. The molecule has 2 aliphatic rings. The van der Waals surface area contributed by atoms with Gasteiger partial charge in [-0.15, -0.1) is 0 Å². The Morgan fingerprint density at radius 2 is 1.91 bits per heavy atom. The quantitative estimate of drug-likeness (QED) is 0.794. The van der Waals surface area contributed by atoms with E-state index >= 15 is 0 Å². The van der Waals surface area contributed by atoms with E-state index in [1.165, 1.54) is 4.31 Å². The lowest BCUT2D eigenvalue weighted by Crippen LogP contribution is -2.53. The van der Waals surface area contributed by atoms with Crippen molar-refractivity contribution < 1.29 is 21.6 Å². The van der Waals surface area contributed by atoms with Gasteiger partial charge in [-0.05, 0) is 24.1 Å². The molecule has 0 saturated carbocycles.